The van der Waals surface area contributed by atoms with E-state index in [-0.39, 0.29) is 26.4 Å². The van der Waals surface area contributed by atoms with Gasteiger partial charge >= 0.3 is 11.8 Å². The predicted molar refractivity (Wildman–Crippen MR) is 75.6 cm³/mol. The smallest absolute Gasteiger partial charge is 0.313 e. The number of hydrogen-bond donors (Lipinski definition) is 4. The Balaban J connectivity index is 1.81. The Labute approximate surface area is 120 Å². The van der Waals surface area contributed by atoms with E-state index in [0.29, 0.717) is 5.69 Å². The highest BCUT2D eigenvalue weighted by molar-refractivity contribution is 6.39. The fourth-order valence-electron chi connectivity index (χ4n) is 1.68. The maximum absolute atomic E-state index is 11.7. The number of carbonyl (C=O) groups is 2. The van der Waals surface area contributed by atoms with Crippen LogP contribution in [0.4, 0.5) is 5.69 Å². The Hall–Kier alpha value is -2.45. The van der Waals surface area contributed by atoms with Crippen LogP contribution in [-0.2, 0) is 14.3 Å². The van der Waals surface area contributed by atoms with E-state index >= 15 is 0 Å². The number of imidazole rings is 1. The van der Waals surface area contributed by atoms with Crippen LogP contribution in [0.3, 0.4) is 0 Å². The first-order valence-corrected chi connectivity index (χ1v) is 6.41. The summed E-state index contributed by atoms with van der Waals surface area (Å²) in [6, 6.07) is 5.10. The van der Waals surface area contributed by atoms with E-state index in [1.807, 2.05) is 0 Å². The molecule has 0 fully saturated rings. The Kier molecular flexibility index (Phi) is 5.24. The molecule has 0 bridgehead atoms. The normalized spacial score (nSPS) is 10.5. The van der Waals surface area contributed by atoms with Crippen LogP contribution in [0.15, 0.2) is 24.5 Å². The van der Waals surface area contributed by atoms with E-state index in [1.54, 1.807) is 24.5 Å². The molecule has 2 rings (SSSR count). The zero-order valence-corrected chi connectivity index (χ0v) is 11.3. The minimum atomic E-state index is -0.754. The number of aliphatic hydroxyl groups is 1. The van der Waals surface area contributed by atoms with E-state index in [1.165, 1.54) is 0 Å². The molecule has 0 unspecified atom stereocenters. The molecule has 112 valence electrons. The molecule has 0 spiro atoms. The van der Waals surface area contributed by atoms with E-state index in [0.717, 1.165) is 11.0 Å². The summed E-state index contributed by atoms with van der Waals surface area (Å²) in [6.45, 7) is 0.558. The molecule has 4 N–H and O–H groups in total. The van der Waals surface area contributed by atoms with Gasteiger partial charge in [0, 0.05) is 12.2 Å². The van der Waals surface area contributed by atoms with Crippen molar-refractivity contribution in [1.29, 1.82) is 0 Å². The zero-order chi connectivity index (χ0) is 15.1. The number of nitrogens with zero attached hydrogens (tertiary/aromatic N) is 1. The lowest BCUT2D eigenvalue weighted by molar-refractivity contribution is -0.136. The van der Waals surface area contributed by atoms with Crippen LogP contribution in [0, 0.1) is 0 Å². The summed E-state index contributed by atoms with van der Waals surface area (Å²) >= 11 is 0. The highest BCUT2D eigenvalue weighted by Crippen LogP contribution is 2.15. The van der Waals surface area contributed by atoms with Crippen LogP contribution in [0.1, 0.15) is 0 Å². The molecule has 0 aliphatic heterocycles. The fourth-order valence-corrected chi connectivity index (χ4v) is 1.68. The Bertz CT molecular complexity index is 625. The minimum Gasteiger partial charge on any atom is -0.394 e. The molecule has 1 heterocycles. The van der Waals surface area contributed by atoms with Crippen LogP contribution >= 0.6 is 0 Å². The van der Waals surface area contributed by atoms with Crippen molar-refractivity contribution in [2.45, 2.75) is 0 Å². The molecular formula is C13H16N4O4. The van der Waals surface area contributed by atoms with Crippen molar-refractivity contribution in [3.05, 3.63) is 24.5 Å². The second-order valence-electron chi connectivity index (χ2n) is 4.18. The van der Waals surface area contributed by atoms with Gasteiger partial charge in [-0.05, 0) is 18.2 Å². The summed E-state index contributed by atoms with van der Waals surface area (Å²) in [6.07, 6.45) is 1.55. The number of anilines is 1. The van der Waals surface area contributed by atoms with Crippen molar-refractivity contribution in [1.82, 2.24) is 15.3 Å². The van der Waals surface area contributed by atoms with E-state index in [4.69, 9.17) is 9.84 Å². The number of amides is 2. The van der Waals surface area contributed by atoms with E-state index in [2.05, 4.69) is 20.6 Å². The van der Waals surface area contributed by atoms with Gasteiger partial charge in [-0.25, -0.2) is 4.98 Å². The predicted octanol–water partition coefficient (Wildman–Crippen LogP) is -0.373. The average molecular weight is 292 g/mol. The van der Waals surface area contributed by atoms with Crippen molar-refractivity contribution < 1.29 is 19.4 Å². The van der Waals surface area contributed by atoms with Gasteiger partial charge in [0.2, 0.25) is 0 Å². The number of nitrogens with one attached hydrogen (secondary N) is 3. The summed E-state index contributed by atoms with van der Waals surface area (Å²) in [5, 5.41) is 13.4. The molecule has 21 heavy (non-hydrogen) atoms. The Morgan fingerprint density at radius 3 is 2.95 bits per heavy atom. The van der Waals surface area contributed by atoms with Gasteiger partial charge in [0.15, 0.2) is 0 Å². The number of ether oxygens (including phenoxy) is 1. The van der Waals surface area contributed by atoms with Gasteiger partial charge in [-0.2, -0.15) is 0 Å². The van der Waals surface area contributed by atoms with Gasteiger partial charge < -0.3 is 25.5 Å². The number of rotatable bonds is 6. The van der Waals surface area contributed by atoms with Gasteiger partial charge in [-0.15, -0.1) is 0 Å². The summed E-state index contributed by atoms with van der Waals surface area (Å²) in [5.41, 5.74) is 2.05. The van der Waals surface area contributed by atoms with E-state index < -0.39 is 11.8 Å². The molecule has 0 aliphatic carbocycles. The van der Waals surface area contributed by atoms with Crippen LogP contribution < -0.4 is 10.6 Å². The number of benzene rings is 1. The molecule has 2 amide bonds. The number of fused-ring (bicyclic) bond motifs is 1. The average Bonchev–Trinajstić information content (AvgIpc) is 2.94. The number of aliphatic hydroxyl groups excluding tert-OH is 1. The molecule has 8 nitrogen and oxygen atoms in total. The van der Waals surface area contributed by atoms with Gasteiger partial charge in [0.05, 0.1) is 37.2 Å². The maximum atomic E-state index is 11.7. The van der Waals surface area contributed by atoms with Gasteiger partial charge in [-0.1, -0.05) is 0 Å². The third-order valence-corrected chi connectivity index (χ3v) is 2.65. The second kappa shape index (κ2) is 7.36. The monoisotopic (exact) mass is 292 g/mol. The summed E-state index contributed by atoms with van der Waals surface area (Å²) in [5.74, 6) is -1.50. The number of aromatic nitrogens is 2. The number of H-pyrrole nitrogens is 1. The first kappa shape index (κ1) is 14.9. The van der Waals surface area contributed by atoms with Crippen LogP contribution in [-0.4, -0.2) is 53.3 Å². The van der Waals surface area contributed by atoms with Crippen molar-refractivity contribution in [2.24, 2.45) is 0 Å². The van der Waals surface area contributed by atoms with Gasteiger partial charge in [-0.3, -0.25) is 9.59 Å². The van der Waals surface area contributed by atoms with Crippen molar-refractivity contribution >= 4 is 28.5 Å². The highest BCUT2D eigenvalue weighted by atomic mass is 16.5. The summed E-state index contributed by atoms with van der Waals surface area (Å²) < 4.78 is 4.96. The minimum absolute atomic E-state index is 0.0789. The van der Waals surface area contributed by atoms with Crippen LogP contribution in [0.25, 0.3) is 11.0 Å². The number of hydrogen-bond acceptors (Lipinski definition) is 5. The van der Waals surface area contributed by atoms with Crippen LogP contribution in [0.5, 0.6) is 0 Å². The highest BCUT2D eigenvalue weighted by Gasteiger charge is 2.13. The standard InChI is InChI=1S/C13H16N4O4/c18-4-6-21-5-3-14-12(19)13(20)17-9-1-2-10-11(7-9)16-8-15-10/h1-2,7-8,18H,3-6H2,(H,14,19)(H,15,16)(H,17,20). The second-order valence-corrected chi connectivity index (χ2v) is 4.18. The third-order valence-electron chi connectivity index (χ3n) is 2.65. The molecule has 8 heteroatoms. The molecule has 1 aromatic carbocycles. The quantitative estimate of drug-likeness (QED) is 0.428. The molecule has 1 aromatic heterocycles. The maximum Gasteiger partial charge on any atom is 0.313 e. The molecule has 0 aliphatic rings. The number of aromatic amines is 1. The lowest BCUT2D eigenvalue weighted by Gasteiger charge is -2.06. The van der Waals surface area contributed by atoms with Crippen LogP contribution in [0.2, 0.25) is 0 Å². The molecule has 2 aromatic rings. The SMILES string of the molecule is O=C(NCCOCCO)C(=O)Nc1ccc2nc[nH]c2c1. The zero-order valence-electron chi connectivity index (χ0n) is 11.3. The molecule has 0 saturated carbocycles. The van der Waals surface area contributed by atoms with Crippen molar-refractivity contribution in [2.75, 3.05) is 31.7 Å². The lowest BCUT2D eigenvalue weighted by Crippen LogP contribution is -2.37. The molecule has 0 saturated heterocycles. The van der Waals surface area contributed by atoms with Gasteiger partial charge in [0.25, 0.3) is 0 Å². The fraction of sp³-hybridized carbons (Fsp3) is 0.308. The molecular weight excluding hydrogens is 276 g/mol. The van der Waals surface area contributed by atoms with E-state index in [9.17, 15) is 9.59 Å². The molecule has 0 atom stereocenters. The summed E-state index contributed by atoms with van der Waals surface area (Å²) in [7, 11) is 0. The lowest BCUT2D eigenvalue weighted by atomic mass is 10.2. The Morgan fingerprint density at radius 1 is 1.29 bits per heavy atom. The van der Waals surface area contributed by atoms with Crippen molar-refractivity contribution in [3.63, 3.8) is 0 Å². The summed E-state index contributed by atoms with van der Waals surface area (Å²) in [4.78, 5) is 30.2. The largest absolute Gasteiger partial charge is 0.394 e. The first-order chi connectivity index (χ1) is 10.2. The van der Waals surface area contributed by atoms with Gasteiger partial charge in [0.1, 0.15) is 0 Å². The molecule has 0 radical (unpaired) electrons. The topological polar surface area (TPSA) is 116 Å². The Morgan fingerprint density at radius 2 is 2.14 bits per heavy atom. The van der Waals surface area contributed by atoms with Crippen molar-refractivity contribution in [3.8, 4) is 0 Å². The third kappa shape index (κ3) is 4.26. The number of carbonyl (C=O) groups excluding carboxylic acids is 2. The first-order valence-electron chi connectivity index (χ1n) is 6.41.